The number of aromatic carboxylic acids is 1. The average molecular weight is 220 g/mol. The number of aromatic nitrogens is 1. The van der Waals surface area contributed by atoms with Crippen LogP contribution in [0.5, 0.6) is 0 Å². The third kappa shape index (κ3) is 2.36. The summed E-state index contributed by atoms with van der Waals surface area (Å²) in [6.07, 6.45) is -3.90. The summed E-state index contributed by atoms with van der Waals surface area (Å²) >= 11 is 0. The molecular weight excluding hydrogens is 213 g/mol. The van der Waals surface area contributed by atoms with Gasteiger partial charge in [-0.2, -0.15) is 13.2 Å². The van der Waals surface area contributed by atoms with E-state index in [1.165, 1.54) is 7.05 Å². The SMILES string of the molecule is CNc1cc(C(F)(F)F)ncc1C(=O)O. The molecule has 1 rings (SSSR count). The lowest BCUT2D eigenvalue weighted by Crippen LogP contribution is -2.11. The third-order valence-electron chi connectivity index (χ3n) is 1.69. The first-order chi connectivity index (χ1) is 6.86. The van der Waals surface area contributed by atoms with E-state index in [2.05, 4.69) is 10.3 Å². The number of nitrogens with zero attached hydrogens (tertiary/aromatic N) is 1. The summed E-state index contributed by atoms with van der Waals surface area (Å²) in [6.45, 7) is 0. The fraction of sp³-hybridized carbons (Fsp3) is 0.250. The molecule has 0 spiro atoms. The van der Waals surface area contributed by atoms with Gasteiger partial charge in [0.15, 0.2) is 0 Å². The highest BCUT2D eigenvalue weighted by Gasteiger charge is 2.33. The monoisotopic (exact) mass is 220 g/mol. The van der Waals surface area contributed by atoms with Crippen molar-refractivity contribution in [3.63, 3.8) is 0 Å². The molecular formula is C8H7F3N2O2. The van der Waals surface area contributed by atoms with Crippen LogP contribution >= 0.6 is 0 Å². The first-order valence-electron chi connectivity index (χ1n) is 3.84. The fourth-order valence-corrected chi connectivity index (χ4v) is 0.988. The average Bonchev–Trinajstić information content (AvgIpc) is 2.15. The number of pyridine rings is 1. The van der Waals surface area contributed by atoms with Gasteiger partial charge in [0.25, 0.3) is 0 Å². The van der Waals surface area contributed by atoms with Gasteiger partial charge in [-0.25, -0.2) is 4.79 Å². The van der Waals surface area contributed by atoms with Crippen molar-refractivity contribution in [3.8, 4) is 0 Å². The Kier molecular flexibility index (Phi) is 2.83. The lowest BCUT2D eigenvalue weighted by Gasteiger charge is -2.09. The van der Waals surface area contributed by atoms with E-state index in [1.807, 2.05) is 0 Å². The molecule has 0 saturated heterocycles. The molecule has 0 atom stereocenters. The van der Waals surface area contributed by atoms with Crippen molar-refractivity contribution < 1.29 is 23.1 Å². The van der Waals surface area contributed by atoms with Crippen molar-refractivity contribution in [1.82, 2.24) is 4.98 Å². The maximum atomic E-state index is 12.2. The van der Waals surface area contributed by atoms with Gasteiger partial charge in [0.2, 0.25) is 0 Å². The Morgan fingerprint density at radius 2 is 2.13 bits per heavy atom. The number of alkyl halides is 3. The molecule has 15 heavy (non-hydrogen) atoms. The molecule has 0 fully saturated rings. The predicted molar refractivity (Wildman–Crippen MR) is 45.7 cm³/mol. The van der Waals surface area contributed by atoms with Gasteiger partial charge in [0.05, 0.1) is 5.69 Å². The molecule has 1 heterocycles. The largest absolute Gasteiger partial charge is 0.478 e. The van der Waals surface area contributed by atoms with E-state index in [1.54, 1.807) is 0 Å². The Morgan fingerprint density at radius 3 is 2.53 bits per heavy atom. The molecule has 2 N–H and O–H groups in total. The standard InChI is InChI=1S/C8H7F3N2O2/c1-12-5-2-6(8(9,10)11)13-3-4(5)7(14)15/h2-3H,1H3,(H,12,13)(H,14,15). The lowest BCUT2D eigenvalue weighted by atomic mass is 10.2. The summed E-state index contributed by atoms with van der Waals surface area (Å²) < 4.78 is 36.6. The van der Waals surface area contributed by atoms with Gasteiger partial charge in [0.1, 0.15) is 11.3 Å². The van der Waals surface area contributed by atoms with Gasteiger partial charge in [-0.15, -0.1) is 0 Å². The number of hydrogen-bond acceptors (Lipinski definition) is 3. The van der Waals surface area contributed by atoms with Crippen LogP contribution < -0.4 is 5.32 Å². The zero-order valence-corrected chi connectivity index (χ0v) is 7.59. The van der Waals surface area contributed by atoms with Crippen molar-refractivity contribution in [3.05, 3.63) is 23.5 Å². The van der Waals surface area contributed by atoms with Gasteiger partial charge < -0.3 is 10.4 Å². The van der Waals surface area contributed by atoms with E-state index in [0.717, 1.165) is 0 Å². The van der Waals surface area contributed by atoms with E-state index in [9.17, 15) is 18.0 Å². The highest BCUT2D eigenvalue weighted by Crippen LogP contribution is 2.30. The molecule has 1 aromatic heterocycles. The summed E-state index contributed by atoms with van der Waals surface area (Å²) in [7, 11) is 1.34. The molecule has 7 heteroatoms. The van der Waals surface area contributed by atoms with Gasteiger partial charge in [-0.1, -0.05) is 0 Å². The van der Waals surface area contributed by atoms with Crippen molar-refractivity contribution in [2.24, 2.45) is 0 Å². The van der Waals surface area contributed by atoms with Crippen LogP contribution in [0.4, 0.5) is 18.9 Å². The summed E-state index contributed by atoms with van der Waals surface area (Å²) in [4.78, 5) is 13.6. The van der Waals surface area contributed by atoms with Gasteiger partial charge >= 0.3 is 12.1 Å². The van der Waals surface area contributed by atoms with Crippen LogP contribution in [0, 0.1) is 0 Å². The molecule has 4 nitrogen and oxygen atoms in total. The molecule has 1 aromatic rings. The second-order valence-corrected chi connectivity index (χ2v) is 2.67. The van der Waals surface area contributed by atoms with Gasteiger partial charge in [0, 0.05) is 13.2 Å². The molecule has 82 valence electrons. The molecule has 0 radical (unpaired) electrons. The number of hydrogen-bond donors (Lipinski definition) is 2. The van der Waals surface area contributed by atoms with Crippen LogP contribution in [0.1, 0.15) is 16.1 Å². The molecule has 0 saturated carbocycles. The molecule has 0 aliphatic heterocycles. The van der Waals surface area contributed by atoms with Crippen molar-refractivity contribution in [1.29, 1.82) is 0 Å². The summed E-state index contributed by atoms with van der Waals surface area (Å²) in [5, 5.41) is 11.0. The highest BCUT2D eigenvalue weighted by molar-refractivity contribution is 5.93. The number of carboxylic acids is 1. The first-order valence-corrected chi connectivity index (χ1v) is 3.84. The minimum absolute atomic E-state index is 0.121. The second-order valence-electron chi connectivity index (χ2n) is 2.67. The Bertz CT molecular complexity index is 390. The molecule has 0 aromatic carbocycles. The van der Waals surface area contributed by atoms with Crippen molar-refractivity contribution in [2.75, 3.05) is 12.4 Å². The lowest BCUT2D eigenvalue weighted by molar-refractivity contribution is -0.141. The van der Waals surface area contributed by atoms with Crippen LogP contribution in [0.2, 0.25) is 0 Å². The predicted octanol–water partition coefficient (Wildman–Crippen LogP) is 1.84. The smallest absolute Gasteiger partial charge is 0.433 e. The zero-order valence-electron chi connectivity index (χ0n) is 7.59. The maximum Gasteiger partial charge on any atom is 0.433 e. The van der Waals surface area contributed by atoms with E-state index in [-0.39, 0.29) is 11.3 Å². The van der Waals surface area contributed by atoms with Gasteiger partial charge in [-0.3, -0.25) is 4.98 Å². The molecule has 0 aliphatic carbocycles. The van der Waals surface area contributed by atoms with Crippen LogP contribution in [0.25, 0.3) is 0 Å². The summed E-state index contributed by atoms with van der Waals surface area (Å²) in [5.41, 5.74) is -1.55. The van der Waals surface area contributed by atoms with Crippen LogP contribution in [-0.2, 0) is 6.18 Å². The Morgan fingerprint density at radius 1 is 1.53 bits per heavy atom. The molecule has 0 amide bonds. The molecule has 0 bridgehead atoms. The molecule has 0 unspecified atom stereocenters. The van der Waals surface area contributed by atoms with Crippen LogP contribution in [0.3, 0.4) is 0 Å². The number of rotatable bonds is 2. The topological polar surface area (TPSA) is 62.2 Å². The molecule has 0 aliphatic rings. The van der Waals surface area contributed by atoms with Crippen molar-refractivity contribution >= 4 is 11.7 Å². The Labute approximate surface area is 82.7 Å². The second kappa shape index (κ2) is 3.76. The van der Waals surface area contributed by atoms with Crippen LogP contribution in [-0.4, -0.2) is 23.1 Å². The first kappa shape index (κ1) is 11.3. The van der Waals surface area contributed by atoms with E-state index in [4.69, 9.17) is 5.11 Å². The highest BCUT2D eigenvalue weighted by atomic mass is 19.4. The zero-order chi connectivity index (χ0) is 11.6. The van der Waals surface area contributed by atoms with E-state index >= 15 is 0 Å². The maximum absolute atomic E-state index is 12.2. The number of anilines is 1. The minimum Gasteiger partial charge on any atom is -0.478 e. The Hall–Kier alpha value is -1.79. The Balaban J connectivity index is 3.25. The third-order valence-corrected chi connectivity index (χ3v) is 1.69. The van der Waals surface area contributed by atoms with Gasteiger partial charge in [-0.05, 0) is 6.07 Å². The minimum atomic E-state index is -4.58. The van der Waals surface area contributed by atoms with Crippen molar-refractivity contribution in [2.45, 2.75) is 6.18 Å². The van der Waals surface area contributed by atoms with E-state index in [0.29, 0.717) is 12.3 Å². The number of carboxylic acid groups (broad SMARTS) is 1. The number of halogens is 3. The van der Waals surface area contributed by atoms with E-state index < -0.39 is 17.8 Å². The van der Waals surface area contributed by atoms with Crippen LogP contribution in [0.15, 0.2) is 12.3 Å². The quantitative estimate of drug-likeness (QED) is 0.798. The number of carbonyl (C=O) groups is 1. The normalized spacial score (nSPS) is 11.2. The number of nitrogens with one attached hydrogen (secondary N) is 1. The summed E-state index contributed by atoms with van der Waals surface area (Å²) in [6, 6.07) is 0.656. The summed E-state index contributed by atoms with van der Waals surface area (Å²) in [5.74, 6) is -1.33. The fourth-order valence-electron chi connectivity index (χ4n) is 0.988.